The first-order valence-electron chi connectivity index (χ1n) is 9.06. The molecule has 0 aromatic heterocycles. The van der Waals surface area contributed by atoms with Gasteiger partial charge in [0.05, 0.1) is 6.61 Å². The number of ether oxygens (including phenoxy) is 1. The Morgan fingerprint density at radius 2 is 1.77 bits per heavy atom. The molecule has 1 heterocycles. The lowest BCUT2D eigenvalue weighted by Gasteiger charge is -2.15. The first-order valence-corrected chi connectivity index (χ1v) is 9.06. The van der Waals surface area contributed by atoms with E-state index in [2.05, 4.69) is 5.32 Å². The zero-order valence-corrected chi connectivity index (χ0v) is 15.0. The molecule has 136 valence electrons. The van der Waals surface area contributed by atoms with Crippen molar-refractivity contribution in [3.8, 4) is 5.75 Å². The van der Waals surface area contributed by atoms with Crippen molar-refractivity contribution in [2.45, 2.75) is 26.3 Å². The van der Waals surface area contributed by atoms with Gasteiger partial charge in [0, 0.05) is 30.8 Å². The lowest BCUT2D eigenvalue weighted by Crippen LogP contribution is -2.28. The maximum absolute atomic E-state index is 12.5. The third-order valence-corrected chi connectivity index (χ3v) is 4.43. The van der Waals surface area contributed by atoms with Crippen molar-refractivity contribution >= 4 is 11.8 Å². The molecule has 2 amide bonds. The fraction of sp³-hybridized carbons (Fsp3) is 0.333. The third kappa shape index (κ3) is 4.42. The van der Waals surface area contributed by atoms with Gasteiger partial charge in [0.2, 0.25) is 0 Å². The molecule has 2 aromatic rings. The van der Waals surface area contributed by atoms with Crippen molar-refractivity contribution in [3.63, 3.8) is 0 Å². The number of rotatable bonds is 6. The highest BCUT2D eigenvalue weighted by molar-refractivity contribution is 5.95. The number of likely N-dealkylation sites (tertiary alicyclic amines) is 1. The van der Waals surface area contributed by atoms with Gasteiger partial charge in [-0.15, -0.1) is 0 Å². The van der Waals surface area contributed by atoms with Gasteiger partial charge in [0.25, 0.3) is 11.8 Å². The van der Waals surface area contributed by atoms with Crippen LogP contribution in [0.5, 0.6) is 5.75 Å². The van der Waals surface area contributed by atoms with Crippen molar-refractivity contribution in [1.82, 2.24) is 10.2 Å². The molecular formula is C21H24N2O3. The van der Waals surface area contributed by atoms with E-state index in [0.29, 0.717) is 30.0 Å². The van der Waals surface area contributed by atoms with Gasteiger partial charge < -0.3 is 15.0 Å². The normalized spacial score (nSPS) is 13.5. The van der Waals surface area contributed by atoms with Gasteiger partial charge in [0.15, 0.2) is 0 Å². The van der Waals surface area contributed by atoms with Crippen molar-refractivity contribution in [3.05, 3.63) is 65.2 Å². The number of carbonyl (C=O) groups excluding carboxylic acids is 2. The van der Waals surface area contributed by atoms with Gasteiger partial charge in [0.1, 0.15) is 5.75 Å². The van der Waals surface area contributed by atoms with Gasteiger partial charge in [-0.1, -0.05) is 18.2 Å². The number of carbonyl (C=O) groups is 2. The molecule has 5 heteroatoms. The topological polar surface area (TPSA) is 58.6 Å². The summed E-state index contributed by atoms with van der Waals surface area (Å²) in [7, 11) is 0. The quantitative estimate of drug-likeness (QED) is 0.868. The third-order valence-electron chi connectivity index (χ3n) is 4.43. The Balaban J connectivity index is 1.62. The largest absolute Gasteiger partial charge is 0.494 e. The summed E-state index contributed by atoms with van der Waals surface area (Å²) in [5.74, 6) is 0.585. The molecule has 0 saturated carbocycles. The van der Waals surface area contributed by atoms with Crippen LogP contribution in [-0.2, 0) is 6.54 Å². The van der Waals surface area contributed by atoms with Crippen molar-refractivity contribution in [2.24, 2.45) is 0 Å². The Morgan fingerprint density at radius 1 is 1.04 bits per heavy atom. The summed E-state index contributed by atoms with van der Waals surface area (Å²) in [6.45, 7) is 4.50. The monoisotopic (exact) mass is 352 g/mol. The SMILES string of the molecule is CCOc1cccc(C(=O)NCc2cccc(C(=O)N3CCCC3)c2)c1. The first kappa shape index (κ1) is 18.0. The van der Waals surface area contributed by atoms with Crippen molar-refractivity contribution in [1.29, 1.82) is 0 Å². The molecular weight excluding hydrogens is 328 g/mol. The minimum atomic E-state index is -0.164. The molecule has 0 radical (unpaired) electrons. The highest BCUT2D eigenvalue weighted by Crippen LogP contribution is 2.15. The molecule has 0 atom stereocenters. The van der Waals surface area contributed by atoms with Crippen LogP contribution in [0.3, 0.4) is 0 Å². The molecule has 1 saturated heterocycles. The van der Waals surface area contributed by atoms with Crippen LogP contribution in [0.1, 0.15) is 46.0 Å². The fourth-order valence-electron chi connectivity index (χ4n) is 3.10. The highest BCUT2D eigenvalue weighted by atomic mass is 16.5. The highest BCUT2D eigenvalue weighted by Gasteiger charge is 2.19. The molecule has 5 nitrogen and oxygen atoms in total. The summed E-state index contributed by atoms with van der Waals surface area (Å²) in [5, 5.41) is 2.90. The summed E-state index contributed by atoms with van der Waals surface area (Å²) in [6, 6.07) is 14.6. The van der Waals surface area contributed by atoms with E-state index in [1.807, 2.05) is 42.2 Å². The first-order chi connectivity index (χ1) is 12.7. The molecule has 0 bridgehead atoms. The van der Waals surface area contributed by atoms with Crippen LogP contribution in [0.15, 0.2) is 48.5 Å². The Kier molecular flexibility index (Phi) is 5.89. The summed E-state index contributed by atoms with van der Waals surface area (Å²) in [5.41, 5.74) is 2.14. The second-order valence-corrected chi connectivity index (χ2v) is 6.34. The standard InChI is InChI=1S/C21H24N2O3/c1-2-26-19-10-6-8-17(14-19)20(24)22-15-16-7-5-9-18(13-16)21(25)23-11-3-4-12-23/h5-10,13-14H,2-4,11-12,15H2,1H3,(H,22,24). The lowest BCUT2D eigenvalue weighted by molar-refractivity contribution is 0.0792. The maximum atomic E-state index is 12.5. The molecule has 2 aromatic carbocycles. The van der Waals surface area contributed by atoms with Crippen LogP contribution in [0.2, 0.25) is 0 Å². The molecule has 0 unspecified atom stereocenters. The number of hydrogen-bond acceptors (Lipinski definition) is 3. The van der Waals surface area contributed by atoms with Crippen LogP contribution in [-0.4, -0.2) is 36.4 Å². The molecule has 3 rings (SSSR count). The summed E-state index contributed by atoms with van der Waals surface area (Å²) < 4.78 is 5.43. The average Bonchev–Trinajstić information content (AvgIpc) is 3.21. The van der Waals surface area contributed by atoms with Gasteiger partial charge in [-0.2, -0.15) is 0 Å². The van der Waals surface area contributed by atoms with E-state index in [4.69, 9.17) is 4.74 Å². The van der Waals surface area contributed by atoms with E-state index in [0.717, 1.165) is 31.5 Å². The molecule has 26 heavy (non-hydrogen) atoms. The van der Waals surface area contributed by atoms with Crippen LogP contribution >= 0.6 is 0 Å². The molecule has 1 N–H and O–H groups in total. The minimum Gasteiger partial charge on any atom is -0.494 e. The predicted molar refractivity (Wildman–Crippen MR) is 100 cm³/mol. The van der Waals surface area contributed by atoms with Gasteiger partial charge >= 0.3 is 0 Å². The molecule has 1 fully saturated rings. The molecule has 1 aliphatic heterocycles. The van der Waals surface area contributed by atoms with E-state index >= 15 is 0 Å². The molecule has 0 spiro atoms. The van der Waals surface area contributed by atoms with E-state index in [9.17, 15) is 9.59 Å². The second kappa shape index (κ2) is 8.52. The molecule has 0 aliphatic carbocycles. The van der Waals surface area contributed by atoms with Crippen LogP contribution < -0.4 is 10.1 Å². The average molecular weight is 352 g/mol. The van der Waals surface area contributed by atoms with Gasteiger partial charge in [-0.25, -0.2) is 0 Å². The number of hydrogen-bond donors (Lipinski definition) is 1. The lowest BCUT2D eigenvalue weighted by atomic mass is 10.1. The summed E-state index contributed by atoms with van der Waals surface area (Å²) in [4.78, 5) is 26.7. The zero-order chi connectivity index (χ0) is 18.4. The smallest absolute Gasteiger partial charge is 0.253 e. The van der Waals surface area contributed by atoms with E-state index in [-0.39, 0.29) is 11.8 Å². The van der Waals surface area contributed by atoms with Gasteiger partial charge in [-0.3, -0.25) is 9.59 Å². The van der Waals surface area contributed by atoms with E-state index in [1.165, 1.54) is 0 Å². The van der Waals surface area contributed by atoms with Crippen LogP contribution in [0, 0.1) is 0 Å². The zero-order valence-electron chi connectivity index (χ0n) is 15.0. The molecule has 1 aliphatic rings. The Labute approximate surface area is 154 Å². The Morgan fingerprint density at radius 3 is 2.54 bits per heavy atom. The fourth-order valence-corrected chi connectivity index (χ4v) is 3.10. The van der Waals surface area contributed by atoms with Crippen LogP contribution in [0.25, 0.3) is 0 Å². The minimum absolute atomic E-state index is 0.0695. The predicted octanol–water partition coefficient (Wildman–Crippen LogP) is 3.25. The maximum Gasteiger partial charge on any atom is 0.253 e. The van der Waals surface area contributed by atoms with E-state index in [1.54, 1.807) is 18.2 Å². The van der Waals surface area contributed by atoms with Crippen molar-refractivity contribution < 1.29 is 14.3 Å². The number of amides is 2. The summed E-state index contributed by atoms with van der Waals surface area (Å²) >= 11 is 0. The Bertz CT molecular complexity index is 782. The second-order valence-electron chi connectivity index (χ2n) is 6.34. The number of nitrogens with one attached hydrogen (secondary N) is 1. The van der Waals surface area contributed by atoms with E-state index < -0.39 is 0 Å². The summed E-state index contributed by atoms with van der Waals surface area (Å²) in [6.07, 6.45) is 2.14. The Hall–Kier alpha value is -2.82. The number of benzene rings is 2. The van der Waals surface area contributed by atoms with Crippen molar-refractivity contribution in [2.75, 3.05) is 19.7 Å². The van der Waals surface area contributed by atoms with Crippen LogP contribution in [0.4, 0.5) is 0 Å². The number of nitrogens with zero attached hydrogens (tertiary/aromatic N) is 1. The van der Waals surface area contributed by atoms with Gasteiger partial charge in [-0.05, 0) is 55.7 Å².